The molecule has 0 bridgehead atoms. The second-order valence-electron chi connectivity index (χ2n) is 5.08. The van der Waals surface area contributed by atoms with Crippen LogP contribution in [-0.4, -0.2) is 25.8 Å². The smallest absolute Gasteiger partial charge is 0.336 e. The van der Waals surface area contributed by atoms with Crippen LogP contribution in [-0.2, 0) is 12.5 Å². The molecule has 0 amide bonds. The zero-order valence-electron chi connectivity index (χ0n) is 10.4. The maximum Gasteiger partial charge on any atom is 0.336 e. The lowest BCUT2D eigenvalue weighted by molar-refractivity contribution is 0.0699. The maximum absolute atomic E-state index is 11.2. The number of aryl methyl sites for hydroxylation is 1. The van der Waals surface area contributed by atoms with Crippen LogP contribution in [0.25, 0.3) is 11.0 Å². The van der Waals surface area contributed by atoms with Crippen LogP contribution in [0.15, 0.2) is 12.3 Å². The van der Waals surface area contributed by atoms with Crippen molar-refractivity contribution < 1.29 is 9.90 Å². The lowest BCUT2D eigenvalue weighted by atomic mass is 9.89. The second-order valence-corrected chi connectivity index (χ2v) is 5.08. The van der Waals surface area contributed by atoms with Crippen LogP contribution >= 0.6 is 0 Å². The van der Waals surface area contributed by atoms with Crippen LogP contribution in [0.4, 0.5) is 0 Å². The summed E-state index contributed by atoms with van der Waals surface area (Å²) in [5, 5.41) is 14.2. The van der Waals surface area contributed by atoms with Crippen molar-refractivity contribution in [3.05, 3.63) is 23.5 Å². The first-order valence-electron chi connectivity index (χ1n) is 5.38. The average Bonchev–Trinajstić information content (AvgIpc) is 2.56. The summed E-state index contributed by atoms with van der Waals surface area (Å²) in [5.41, 5.74) is 1.41. The van der Waals surface area contributed by atoms with Gasteiger partial charge >= 0.3 is 5.97 Å². The summed E-state index contributed by atoms with van der Waals surface area (Å²) in [6.07, 6.45) is 1.50. The molecule has 0 saturated carbocycles. The molecule has 5 nitrogen and oxygen atoms in total. The number of carboxylic acid groups (broad SMARTS) is 1. The van der Waals surface area contributed by atoms with Gasteiger partial charge in [0.15, 0.2) is 5.65 Å². The highest BCUT2D eigenvalue weighted by atomic mass is 16.4. The molecule has 0 aromatic carbocycles. The number of aromatic carboxylic acids is 1. The van der Waals surface area contributed by atoms with Crippen LogP contribution in [0, 0.1) is 0 Å². The number of nitrogens with zero attached hydrogens (tertiary/aromatic N) is 3. The van der Waals surface area contributed by atoms with Gasteiger partial charge in [-0.25, -0.2) is 9.78 Å². The van der Waals surface area contributed by atoms with E-state index in [0.29, 0.717) is 11.0 Å². The van der Waals surface area contributed by atoms with Crippen LogP contribution in [0.1, 0.15) is 36.8 Å². The number of carboxylic acids is 1. The third-order valence-electron chi connectivity index (χ3n) is 2.67. The molecule has 0 fully saturated rings. The van der Waals surface area contributed by atoms with Gasteiger partial charge in [0.05, 0.1) is 16.6 Å². The van der Waals surface area contributed by atoms with E-state index in [1.54, 1.807) is 11.7 Å². The van der Waals surface area contributed by atoms with E-state index in [1.807, 2.05) is 20.8 Å². The summed E-state index contributed by atoms with van der Waals surface area (Å²) in [7, 11) is 1.77. The minimum atomic E-state index is -0.948. The Hall–Kier alpha value is -1.91. The van der Waals surface area contributed by atoms with Gasteiger partial charge in [0.2, 0.25) is 0 Å². The normalized spacial score (nSPS) is 12.0. The van der Waals surface area contributed by atoms with Crippen molar-refractivity contribution in [3.63, 3.8) is 0 Å². The van der Waals surface area contributed by atoms with Gasteiger partial charge in [0, 0.05) is 18.7 Å². The van der Waals surface area contributed by atoms with E-state index < -0.39 is 5.97 Å². The first-order valence-corrected chi connectivity index (χ1v) is 5.38. The zero-order chi connectivity index (χ0) is 12.8. The number of carbonyl (C=O) groups is 1. The molecule has 0 aliphatic rings. The molecule has 1 N–H and O–H groups in total. The van der Waals surface area contributed by atoms with E-state index in [-0.39, 0.29) is 11.0 Å². The predicted octanol–water partition coefficient (Wildman–Crippen LogP) is 1.96. The first kappa shape index (κ1) is 11.6. The minimum Gasteiger partial charge on any atom is -0.478 e. The summed E-state index contributed by atoms with van der Waals surface area (Å²) in [6, 6.07) is 1.52. The number of hydrogen-bond donors (Lipinski definition) is 1. The summed E-state index contributed by atoms with van der Waals surface area (Å²) >= 11 is 0. The molecule has 2 rings (SSSR count). The molecular formula is C12H15N3O2. The van der Waals surface area contributed by atoms with Gasteiger partial charge < -0.3 is 5.11 Å². The second kappa shape index (κ2) is 3.55. The van der Waals surface area contributed by atoms with Gasteiger partial charge in [-0.3, -0.25) is 4.68 Å². The molecule has 2 aromatic heterocycles. The maximum atomic E-state index is 11.2. The monoisotopic (exact) mass is 233 g/mol. The Morgan fingerprint density at radius 1 is 1.41 bits per heavy atom. The van der Waals surface area contributed by atoms with E-state index >= 15 is 0 Å². The fraction of sp³-hybridized carbons (Fsp3) is 0.417. The van der Waals surface area contributed by atoms with Crippen molar-refractivity contribution in [3.8, 4) is 0 Å². The molecular weight excluding hydrogens is 218 g/mol. The molecule has 90 valence electrons. The van der Waals surface area contributed by atoms with E-state index in [2.05, 4.69) is 10.1 Å². The molecule has 17 heavy (non-hydrogen) atoms. The topological polar surface area (TPSA) is 68.0 Å². The Morgan fingerprint density at radius 2 is 2.06 bits per heavy atom. The van der Waals surface area contributed by atoms with E-state index in [1.165, 1.54) is 12.3 Å². The van der Waals surface area contributed by atoms with Gasteiger partial charge in [0.1, 0.15) is 0 Å². The van der Waals surface area contributed by atoms with E-state index in [0.717, 1.165) is 5.69 Å². The highest BCUT2D eigenvalue weighted by Crippen LogP contribution is 2.30. The fourth-order valence-electron chi connectivity index (χ4n) is 1.88. The molecule has 0 spiro atoms. The lowest BCUT2D eigenvalue weighted by Crippen LogP contribution is -2.14. The highest BCUT2D eigenvalue weighted by Gasteiger charge is 2.25. The average molecular weight is 233 g/mol. The first-order chi connectivity index (χ1) is 7.82. The van der Waals surface area contributed by atoms with Crippen LogP contribution in [0.5, 0.6) is 0 Å². The quantitative estimate of drug-likeness (QED) is 0.817. The largest absolute Gasteiger partial charge is 0.478 e. The standard InChI is InChI=1S/C12H15N3O2/c1-12(2,3)9-8-7(11(16)17)5-6-13-10(8)15(4)14-9/h5-6H,1-4H3,(H,16,17). The lowest BCUT2D eigenvalue weighted by Gasteiger charge is -2.15. The van der Waals surface area contributed by atoms with Crippen LogP contribution < -0.4 is 0 Å². The van der Waals surface area contributed by atoms with Crippen molar-refractivity contribution in [2.45, 2.75) is 26.2 Å². The Labute approximate surface area is 99.1 Å². The fourth-order valence-corrected chi connectivity index (χ4v) is 1.88. The van der Waals surface area contributed by atoms with Gasteiger partial charge in [-0.2, -0.15) is 5.10 Å². The van der Waals surface area contributed by atoms with Crippen molar-refractivity contribution in [1.82, 2.24) is 14.8 Å². The molecule has 5 heteroatoms. The molecule has 0 atom stereocenters. The molecule has 0 saturated heterocycles. The summed E-state index contributed by atoms with van der Waals surface area (Å²) in [6.45, 7) is 6.02. The van der Waals surface area contributed by atoms with E-state index in [9.17, 15) is 9.90 Å². The van der Waals surface area contributed by atoms with Crippen molar-refractivity contribution >= 4 is 17.0 Å². The molecule has 2 heterocycles. The molecule has 0 aliphatic carbocycles. The highest BCUT2D eigenvalue weighted by molar-refractivity contribution is 6.02. The zero-order valence-corrected chi connectivity index (χ0v) is 10.4. The third kappa shape index (κ3) is 1.77. The number of rotatable bonds is 1. The van der Waals surface area contributed by atoms with Crippen molar-refractivity contribution in [2.75, 3.05) is 0 Å². The number of pyridine rings is 1. The Balaban J connectivity index is 2.91. The van der Waals surface area contributed by atoms with Gasteiger partial charge in [-0.15, -0.1) is 0 Å². The minimum absolute atomic E-state index is 0.216. The molecule has 0 radical (unpaired) electrons. The molecule has 2 aromatic rings. The van der Waals surface area contributed by atoms with Crippen molar-refractivity contribution in [2.24, 2.45) is 7.05 Å². The van der Waals surface area contributed by atoms with Crippen molar-refractivity contribution in [1.29, 1.82) is 0 Å². The number of fused-ring (bicyclic) bond motifs is 1. The SMILES string of the molecule is Cn1nc(C(C)(C)C)c2c(C(=O)O)ccnc21. The predicted molar refractivity (Wildman–Crippen MR) is 64.2 cm³/mol. The van der Waals surface area contributed by atoms with Gasteiger partial charge in [-0.1, -0.05) is 20.8 Å². The Kier molecular flexibility index (Phi) is 2.41. The molecule has 0 unspecified atom stereocenters. The van der Waals surface area contributed by atoms with Crippen LogP contribution in [0.2, 0.25) is 0 Å². The van der Waals surface area contributed by atoms with Gasteiger partial charge in [-0.05, 0) is 6.07 Å². The van der Waals surface area contributed by atoms with Gasteiger partial charge in [0.25, 0.3) is 0 Å². The Bertz CT molecular complexity index is 594. The molecule has 0 aliphatic heterocycles. The summed E-state index contributed by atoms with van der Waals surface area (Å²) in [4.78, 5) is 15.4. The summed E-state index contributed by atoms with van der Waals surface area (Å²) in [5.74, 6) is -0.948. The van der Waals surface area contributed by atoms with Crippen LogP contribution in [0.3, 0.4) is 0 Å². The third-order valence-corrected chi connectivity index (χ3v) is 2.67. The Morgan fingerprint density at radius 3 is 2.59 bits per heavy atom. The van der Waals surface area contributed by atoms with E-state index in [4.69, 9.17) is 0 Å². The number of hydrogen-bond acceptors (Lipinski definition) is 3. The summed E-state index contributed by atoms with van der Waals surface area (Å²) < 4.78 is 1.63. The number of aromatic nitrogens is 3.